The Labute approximate surface area is 160 Å². The SMILES string of the molecule is COc1nccc(OC2CCCN(C(=O)c3cc(=O)c4ccccc4o3)C2)n1. The summed E-state index contributed by atoms with van der Waals surface area (Å²) in [6.07, 6.45) is 2.90. The van der Waals surface area contributed by atoms with Crippen LogP contribution in [0.25, 0.3) is 11.0 Å². The molecule has 0 N–H and O–H groups in total. The van der Waals surface area contributed by atoms with Gasteiger partial charge in [0.05, 0.1) is 19.0 Å². The molecule has 144 valence electrons. The number of para-hydroxylation sites is 1. The molecule has 28 heavy (non-hydrogen) atoms. The van der Waals surface area contributed by atoms with Crippen LogP contribution in [0.5, 0.6) is 11.9 Å². The molecular weight excluding hydrogens is 362 g/mol. The summed E-state index contributed by atoms with van der Waals surface area (Å²) < 4.78 is 16.6. The van der Waals surface area contributed by atoms with Gasteiger partial charge in [-0.15, -0.1) is 0 Å². The third-order valence-electron chi connectivity index (χ3n) is 4.59. The van der Waals surface area contributed by atoms with Crippen molar-refractivity contribution in [3.63, 3.8) is 0 Å². The molecule has 3 heterocycles. The molecule has 0 bridgehead atoms. The maximum absolute atomic E-state index is 12.9. The van der Waals surface area contributed by atoms with Gasteiger partial charge in [0, 0.05) is 24.9 Å². The molecule has 2 aromatic heterocycles. The van der Waals surface area contributed by atoms with E-state index in [9.17, 15) is 9.59 Å². The summed E-state index contributed by atoms with van der Waals surface area (Å²) in [5, 5.41) is 0.455. The number of methoxy groups -OCH3 is 1. The van der Waals surface area contributed by atoms with Crippen LogP contribution in [-0.2, 0) is 0 Å². The summed E-state index contributed by atoms with van der Waals surface area (Å²) in [7, 11) is 1.48. The summed E-state index contributed by atoms with van der Waals surface area (Å²) in [5.41, 5.74) is 0.166. The van der Waals surface area contributed by atoms with E-state index in [2.05, 4.69) is 9.97 Å². The number of ether oxygens (including phenoxy) is 2. The highest BCUT2D eigenvalue weighted by molar-refractivity contribution is 5.93. The third kappa shape index (κ3) is 3.66. The predicted octanol–water partition coefficient (Wildman–Crippen LogP) is 2.28. The highest BCUT2D eigenvalue weighted by atomic mass is 16.5. The number of fused-ring (bicyclic) bond motifs is 1. The Bertz CT molecular complexity index is 1060. The molecule has 8 nitrogen and oxygen atoms in total. The summed E-state index contributed by atoms with van der Waals surface area (Å²) in [6.45, 7) is 0.948. The first-order valence-corrected chi connectivity index (χ1v) is 9.00. The molecule has 3 aromatic rings. The molecule has 1 fully saturated rings. The van der Waals surface area contributed by atoms with Crippen molar-refractivity contribution in [3.8, 4) is 11.9 Å². The molecule has 4 rings (SSSR count). The average Bonchev–Trinajstić information content (AvgIpc) is 2.73. The molecule has 0 radical (unpaired) electrons. The highest BCUT2D eigenvalue weighted by Gasteiger charge is 2.28. The first kappa shape index (κ1) is 18.0. The fourth-order valence-corrected chi connectivity index (χ4v) is 3.24. The van der Waals surface area contributed by atoms with Gasteiger partial charge in [-0.3, -0.25) is 9.59 Å². The van der Waals surface area contributed by atoms with E-state index in [4.69, 9.17) is 13.9 Å². The zero-order valence-electron chi connectivity index (χ0n) is 15.3. The Morgan fingerprint density at radius 1 is 1.29 bits per heavy atom. The van der Waals surface area contributed by atoms with Crippen molar-refractivity contribution < 1.29 is 18.7 Å². The van der Waals surface area contributed by atoms with Gasteiger partial charge in [-0.2, -0.15) is 4.98 Å². The minimum Gasteiger partial charge on any atom is -0.472 e. The van der Waals surface area contributed by atoms with Crippen LogP contribution in [0.3, 0.4) is 0 Å². The van der Waals surface area contributed by atoms with E-state index >= 15 is 0 Å². The van der Waals surface area contributed by atoms with Crippen molar-refractivity contribution in [3.05, 3.63) is 58.6 Å². The van der Waals surface area contributed by atoms with Gasteiger partial charge in [0.1, 0.15) is 11.7 Å². The largest absolute Gasteiger partial charge is 0.472 e. The second-order valence-electron chi connectivity index (χ2n) is 6.49. The Kier molecular flexibility index (Phi) is 4.92. The Morgan fingerprint density at radius 2 is 2.14 bits per heavy atom. The Hall–Kier alpha value is -3.42. The number of piperidine rings is 1. The normalized spacial score (nSPS) is 16.8. The second-order valence-corrected chi connectivity index (χ2v) is 6.49. The summed E-state index contributed by atoms with van der Waals surface area (Å²) in [5.74, 6) is 0.105. The van der Waals surface area contributed by atoms with Crippen LogP contribution >= 0.6 is 0 Å². The topological polar surface area (TPSA) is 94.8 Å². The minimum atomic E-state index is -0.323. The van der Waals surface area contributed by atoms with E-state index in [0.29, 0.717) is 29.9 Å². The lowest BCUT2D eigenvalue weighted by atomic mass is 10.1. The molecule has 1 aromatic carbocycles. The standard InChI is InChI=1S/C20H19N3O5/c1-26-20-21-9-8-18(22-20)27-13-5-4-10-23(12-13)19(25)17-11-15(24)14-6-2-3-7-16(14)28-17/h2-3,6-9,11,13H,4-5,10,12H2,1H3. The number of rotatable bonds is 4. The van der Waals surface area contributed by atoms with Gasteiger partial charge >= 0.3 is 6.01 Å². The maximum Gasteiger partial charge on any atom is 0.319 e. The number of carbonyl (C=O) groups excluding carboxylic acids is 1. The second kappa shape index (κ2) is 7.67. The fourth-order valence-electron chi connectivity index (χ4n) is 3.24. The molecule has 8 heteroatoms. The predicted molar refractivity (Wildman–Crippen MR) is 101 cm³/mol. The first-order chi connectivity index (χ1) is 13.6. The molecule has 1 amide bonds. The van der Waals surface area contributed by atoms with Gasteiger partial charge in [0.25, 0.3) is 5.91 Å². The van der Waals surface area contributed by atoms with Crippen LogP contribution in [0.15, 0.2) is 51.8 Å². The van der Waals surface area contributed by atoms with Crippen LogP contribution in [0, 0.1) is 0 Å². The molecule has 0 saturated carbocycles. The van der Waals surface area contributed by atoms with Crippen LogP contribution in [0.2, 0.25) is 0 Å². The van der Waals surface area contributed by atoms with Gasteiger partial charge in [0.15, 0.2) is 11.2 Å². The number of benzene rings is 1. The van der Waals surface area contributed by atoms with Gasteiger partial charge in [0.2, 0.25) is 5.88 Å². The number of amides is 1. The number of nitrogens with zero attached hydrogens (tertiary/aromatic N) is 3. The maximum atomic E-state index is 12.9. The summed E-state index contributed by atoms with van der Waals surface area (Å²) >= 11 is 0. The number of hydrogen-bond donors (Lipinski definition) is 0. The van der Waals surface area contributed by atoms with Gasteiger partial charge in [-0.1, -0.05) is 12.1 Å². The van der Waals surface area contributed by atoms with E-state index in [0.717, 1.165) is 12.8 Å². The third-order valence-corrected chi connectivity index (χ3v) is 4.59. The number of hydrogen-bond acceptors (Lipinski definition) is 7. The van der Waals surface area contributed by atoms with E-state index in [-0.39, 0.29) is 29.2 Å². The lowest BCUT2D eigenvalue weighted by molar-refractivity contribution is 0.0499. The number of likely N-dealkylation sites (tertiary alicyclic amines) is 1. The van der Waals surface area contributed by atoms with Crippen molar-refractivity contribution in [1.29, 1.82) is 0 Å². The lowest BCUT2D eigenvalue weighted by Crippen LogP contribution is -2.44. The molecular formula is C20H19N3O5. The quantitative estimate of drug-likeness (QED) is 0.684. The molecule has 1 unspecified atom stereocenters. The number of carbonyl (C=O) groups is 1. The van der Waals surface area contributed by atoms with E-state index in [1.54, 1.807) is 41.4 Å². The Morgan fingerprint density at radius 3 is 3.00 bits per heavy atom. The smallest absolute Gasteiger partial charge is 0.319 e. The zero-order valence-corrected chi connectivity index (χ0v) is 15.3. The van der Waals surface area contributed by atoms with E-state index < -0.39 is 0 Å². The first-order valence-electron chi connectivity index (χ1n) is 9.00. The molecule has 1 aliphatic rings. The van der Waals surface area contributed by atoms with Crippen molar-refractivity contribution >= 4 is 16.9 Å². The van der Waals surface area contributed by atoms with Gasteiger partial charge < -0.3 is 18.8 Å². The van der Waals surface area contributed by atoms with Crippen molar-refractivity contribution in [2.24, 2.45) is 0 Å². The minimum absolute atomic E-state index is 0.0352. The lowest BCUT2D eigenvalue weighted by Gasteiger charge is -2.32. The molecule has 1 atom stereocenters. The van der Waals surface area contributed by atoms with Crippen LogP contribution in [0.1, 0.15) is 23.4 Å². The van der Waals surface area contributed by atoms with E-state index in [1.165, 1.54) is 13.2 Å². The van der Waals surface area contributed by atoms with Gasteiger partial charge in [-0.25, -0.2) is 4.98 Å². The van der Waals surface area contributed by atoms with E-state index in [1.807, 2.05) is 0 Å². The molecule has 0 spiro atoms. The van der Waals surface area contributed by atoms with Crippen molar-refractivity contribution in [2.45, 2.75) is 18.9 Å². The monoisotopic (exact) mass is 381 g/mol. The average molecular weight is 381 g/mol. The van der Waals surface area contributed by atoms with Crippen molar-refractivity contribution in [1.82, 2.24) is 14.9 Å². The fraction of sp³-hybridized carbons (Fsp3) is 0.300. The Balaban J connectivity index is 1.51. The van der Waals surface area contributed by atoms with Gasteiger partial charge in [-0.05, 0) is 25.0 Å². The summed E-state index contributed by atoms with van der Waals surface area (Å²) in [6, 6.07) is 10.00. The van der Waals surface area contributed by atoms with Crippen molar-refractivity contribution in [2.75, 3.05) is 20.2 Å². The molecule has 0 aliphatic carbocycles. The molecule has 1 saturated heterocycles. The zero-order chi connectivity index (χ0) is 19.5. The van der Waals surface area contributed by atoms with Crippen LogP contribution in [0.4, 0.5) is 0 Å². The highest BCUT2D eigenvalue weighted by Crippen LogP contribution is 2.20. The van der Waals surface area contributed by atoms with Crippen LogP contribution in [-0.4, -0.2) is 47.1 Å². The molecule has 1 aliphatic heterocycles. The summed E-state index contributed by atoms with van der Waals surface area (Å²) in [4.78, 5) is 34.9. The number of aromatic nitrogens is 2. The van der Waals surface area contributed by atoms with Crippen LogP contribution < -0.4 is 14.9 Å².